The van der Waals surface area contributed by atoms with Gasteiger partial charge in [0, 0.05) is 39.1 Å². The molecule has 6 heteroatoms. The normalized spacial score (nSPS) is 17.6. The number of amides is 2. The van der Waals surface area contributed by atoms with Crippen LogP contribution in [0.1, 0.15) is 17.5 Å². The van der Waals surface area contributed by atoms with Crippen molar-refractivity contribution in [3.8, 4) is 0 Å². The van der Waals surface area contributed by atoms with Crippen LogP contribution in [0.4, 0.5) is 4.39 Å². The molecule has 0 aromatic heterocycles. The van der Waals surface area contributed by atoms with Crippen LogP contribution < -0.4 is 5.32 Å². The van der Waals surface area contributed by atoms with Crippen molar-refractivity contribution < 1.29 is 18.7 Å². The smallest absolute Gasteiger partial charge is 0.224 e. The molecule has 1 heterocycles. The van der Waals surface area contributed by atoms with Crippen LogP contribution in [0, 0.1) is 18.7 Å². The van der Waals surface area contributed by atoms with E-state index in [1.54, 1.807) is 18.1 Å². The lowest BCUT2D eigenvalue weighted by Gasteiger charge is -2.16. The highest BCUT2D eigenvalue weighted by atomic mass is 19.1. The predicted octanol–water partition coefficient (Wildman–Crippen LogP) is 1.29. The first-order valence-electron chi connectivity index (χ1n) is 7.78. The molecule has 1 aromatic rings. The van der Waals surface area contributed by atoms with Crippen LogP contribution in [0.3, 0.4) is 0 Å². The van der Waals surface area contributed by atoms with Crippen LogP contribution in [0.2, 0.25) is 0 Å². The van der Waals surface area contributed by atoms with Crippen molar-refractivity contribution in [2.75, 3.05) is 33.4 Å². The lowest BCUT2D eigenvalue weighted by Crippen LogP contribution is -2.33. The van der Waals surface area contributed by atoms with Crippen molar-refractivity contribution in [2.45, 2.75) is 19.8 Å². The molecular formula is C17H23FN2O3. The van der Waals surface area contributed by atoms with Gasteiger partial charge in [0.05, 0.1) is 13.0 Å². The third kappa shape index (κ3) is 5.03. The molecule has 126 valence electrons. The summed E-state index contributed by atoms with van der Waals surface area (Å²) in [5.74, 6) is -0.269. The topological polar surface area (TPSA) is 58.6 Å². The minimum Gasteiger partial charge on any atom is -0.383 e. The fraction of sp³-hybridized carbons (Fsp3) is 0.529. The number of hydrogen-bond donors (Lipinski definition) is 1. The van der Waals surface area contributed by atoms with Crippen molar-refractivity contribution in [3.63, 3.8) is 0 Å². The maximum atomic E-state index is 13.2. The summed E-state index contributed by atoms with van der Waals surface area (Å²) in [5, 5.41) is 2.85. The molecule has 1 atom stereocenters. The number of methoxy groups -OCH3 is 1. The molecule has 0 radical (unpaired) electrons. The van der Waals surface area contributed by atoms with E-state index in [0.717, 1.165) is 5.56 Å². The summed E-state index contributed by atoms with van der Waals surface area (Å²) < 4.78 is 18.2. The number of hydrogen-bond acceptors (Lipinski definition) is 3. The molecule has 1 aromatic carbocycles. The minimum absolute atomic E-state index is 0.0993. The molecule has 1 aliphatic rings. The molecule has 2 amide bonds. The summed E-state index contributed by atoms with van der Waals surface area (Å²) in [6, 6.07) is 4.44. The summed E-state index contributed by atoms with van der Waals surface area (Å²) in [6.45, 7) is 4.06. The zero-order valence-corrected chi connectivity index (χ0v) is 13.6. The lowest BCUT2D eigenvalue weighted by molar-refractivity contribution is -0.128. The standard InChI is InChI=1S/C17H23FN2O3/c1-12-3-4-15(18)8-14(12)9-16(21)19-10-13-7-17(22)20(11-13)5-6-23-2/h3-4,8,13H,5-7,9-11H2,1-2H3,(H,19,21). The second-order valence-corrected chi connectivity index (χ2v) is 5.95. The molecule has 2 rings (SSSR count). The molecule has 1 N–H and O–H groups in total. The minimum atomic E-state index is -0.339. The van der Waals surface area contributed by atoms with Gasteiger partial charge in [-0.05, 0) is 30.2 Å². The van der Waals surface area contributed by atoms with Crippen LogP contribution >= 0.6 is 0 Å². The van der Waals surface area contributed by atoms with Gasteiger partial charge in [0.25, 0.3) is 0 Å². The zero-order chi connectivity index (χ0) is 16.8. The van der Waals surface area contributed by atoms with E-state index in [1.807, 2.05) is 6.92 Å². The SMILES string of the molecule is COCCN1CC(CNC(=O)Cc2cc(F)ccc2C)CC1=O. The van der Waals surface area contributed by atoms with Crippen molar-refractivity contribution in [1.82, 2.24) is 10.2 Å². The second-order valence-electron chi connectivity index (χ2n) is 5.95. The monoisotopic (exact) mass is 322 g/mol. The van der Waals surface area contributed by atoms with Crippen LogP contribution in [-0.4, -0.2) is 50.1 Å². The quantitative estimate of drug-likeness (QED) is 0.823. The van der Waals surface area contributed by atoms with Crippen molar-refractivity contribution in [1.29, 1.82) is 0 Å². The molecule has 1 unspecified atom stereocenters. The Balaban J connectivity index is 1.79. The highest BCUT2D eigenvalue weighted by molar-refractivity contribution is 5.80. The first kappa shape index (κ1) is 17.4. The van der Waals surface area contributed by atoms with E-state index >= 15 is 0 Å². The predicted molar refractivity (Wildman–Crippen MR) is 84.4 cm³/mol. The van der Waals surface area contributed by atoms with E-state index in [1.165, 1.54) is 12.1 Å². The fourth-order valence-electron chi connectivity index (χ4n) is 2.73. The largest absolute Gasteiger partial charge is 0.383 e. The van der Waals surface area contributed by atoms with E-state index in [9.17, 15) is 14.0 Å². The number of aryl methyl sites for hydroxylation is 1. The number of benzene rings is 1. The number of carbonyl (C=O) groups is 2. The summed E-state index contributed by atoms with van der Waals surface area (Å²) in [5.41, 5.74) is 1.58. The fourth-order valence-corrected chi connectivity index (χ4v) is 2.73. The van der Waals surface area contributed by atoms with Crippen LogP contribution in [0.5, 0.6) is 0 Å². The van der Waals surface area contributed by atoms with Gasteiger partial charge < -0.3 is 15.0 Å². The average Bonchev–Trinajstić information content (AvgIpc) is 2.87. The number of rotatable bonds is 7. The third-order valence-electron chi connectivity index (χ3n) is 4.11. The van der Waals surface area contributed by atoms with Gasteiger partial charge in [0.15, 0.2) is 0 Å². The lowest BCUT2D eigenvalue weighted by atomic mass is 10.0. The van der Waals surface area contributed by atoms with Crippen LogP contribution in [0.25, 0.3) is 0 Å². The van der Waals surface area contributed by atoms with Crippen LogP contribution in [-0.2, 0) is 20.7 Å². The molecule has 0 spiro atoms. The molecule has 0 saturated carbocycles. The van der Waals surface area contributed by atoms with Gasteiger partial charge in [-0.3, -0.25) is 9.59 Å². The van der Waals surface area contributed by atoms with E-state index < -0.39 is 0 Å². The Bertz CT molecular complexity index is 577. The summed E-state index contributed by atoms with van der Waals surface area (Å²) in [6.07, 6.45) is 0.598. The molecular weight excluding hydrogens is 299 g/mol. The van der Waals surface area contributed by atoms with Gasteiger partial charge in [-0.1, -0.05) is 6.07 Å². The second kappa shape index (κ2) is 8.06. The summed E-state index contributed by atoms with van der Waals surface area (Å²) >= 11 is 0. The molecule has 23 heavy (non-hydrogen) atoms. The molecule has 1 aliphatic heterocycles. The highest BCUT2D eigenvalue weighted by Gasteiger charge is 2.29. The van der Waals surface area contributed by atoms with Crippen LogP contribution in [0.15, 0.2) is 18.2 Å². The van der Waals surface area contributed by atoms with E-state index in [4.69, 9.17) is 4.74 Å². The third-order valence-corrected chi connectivity index (χ3v) is 4.11. The zero-order valence-electron chi connectivity index (χ0n) is 13.6. The number of halogens is 1. The van der Waals surface area contributed by atoms with Gasteiger partial charge in [-0.15, -0.1) is 0 Å². The van der Waals surface area contributed by atoms with Gasteiger partial charge in [0.2, 0.25) is 11.8 Å². The van der Waals surface area contributed by atoms with Gasteiger partial charge in [-0.2, -0.15) is 0 Å². The Hall–Kier alpha value is -1.95. The number of nitrogens with one attached hydrogen (secondary N) is 1. The highest BCUT2D eigenvalue weighted by Crippen LogP contribution is 2.17. The van der Waals surface area contributed by atoms with E-state index in [-0.39, 0.29) is 30.0 Å². The Kier molecular flexibility index (Phi) is 6.10. The molecule has 1 fully saturated rings. The van der Waals surface area contributed by atoms with Gasteiger partial charge in [-0.25, -0.2) is 4.39 Å². The Labute approximate surface area is 135 Å². The van der Waals surface area contributed by atoms with Crippen molar-refractivity contribution >= 4 is 11.8 Å². The Morgan fingerprint density at radius 2 is 2.26 bits per heavy atom. The first-order valence-corrected chi connectivity index (χ1v) is 7.78. The number of nitrogens with zero attached hydrogens (tertiary/aromatic N) is 1. The molecule has 0 bridgehead atoms. The average molecular weight is 322 g/mol. The molecule has 0 aliphatic carbocycles. The molecule has 1 saturated heterocycles. The van der Waals surface area contributed by atoms with Crippen molar-refractivity contribution in [3.05, 3.63) is 35.1 Å². The van der Waals surface area contributed by atoms with E-state index in [2.05, 4.69) is 5.32 Å². The van der Waals surface area contributed by atoms with Gasteiger partial charge >= 0.3 is 0 Å². The molecule has 5 nitrogen and oxygen atoms in total. The number of carbonyl (C=O) groups excluding carboxylic acids is 2. The van der Waals surface area contributed by atoms with E-state index in [0.29, 0.717) is 38.2 Å². The maximum Gasteiger partial charge on any atom is 0.224 e. The number of ether oxygens (including phenoxy) is 1. The maximum absolute atomic E-state index is 13.2. The first-order chi connectivity index (χ1) is 11.0. The van der Waals surface area contributed by atoms with Gasteiger partial charge in [0.1, 0.15) is 5.82 Å². The van der Waals surface area contributed by atoms with Crippen molar-refractivity contribution in [2.24, 2.45) is 5.92 Å². The Morgan fingerprint density at radius 1 is 1.48 bits per heavy atom. The summed E-state index contributed by atoms with van der Waals surface area (Å²) in [7, 11) is 1.60. The number of likely N-dealkylation sites (tertiary alicyclic amines) is 1. The Morgan fingerprint density at radius 3 is 3.00 bits per heavy atom. The summed E-state index contributed by atoms with van der Waals surface area (Å²) in [4.78, 5) is 25.6.